The fourth-order valence-corrected chi connectivity index (χ4v) is 7.41. The smallest absolute Gasteiger partial charge is 0.153 e. The van der Waals surface area contributed by atoms with E-state index in [9.17, 15) is 8.42 Å². The molecule has 2 aromatic rings. The van der Waals surface area contributed by atoms with Crippen molar-refractivity contribution in [3.8, 4) is 5.75 Å². The number of anilines is 3. The van der Waals surface area contributed by atoms with Gasteiger partial charge in [-0.05, 0) is 36.5 Å². The standard InChI is InChI=1S/C26H36N6O3S/c1-16-9-18(19-12-32(13-19)21-11-27-14-26(21,3)4)10-20-23(16)35-17(2)22-24(30-20)28-15-29-25(22)31-5-7-36(33,34)8-6-31/h9-10,15,17,19,21,27H,5-8,11-14H2,1-4H3,(H,28,29,30)/t17-,21?/m1/s1. The van der Waals surface area contributed by atoms with Gasteiger partial charge in [0.25, 0.3) is 0 Å². The van der Waals surface area contributed by atoms with Crippen molar-refractivity contribution in [3.63, 3.8) is 0 Å². The third kappa shape index (κ3) is 4.13. The quantitative estimate of drug-likeness (QED) is 0.643. The number of hydrogen-bond donors (Lipinski definition) is 2. The molecule has 1 aromatic heterocycles. The van der Waals surface area contributed by atoms with Crippen LogP contribution in [0.5, 0.6) is 5.75 Å². The fraction of sp³-hybridized carbons (Fsp3) is 0.615. The molecule has 3 fully saturated rings. The van der Waals surface area contributed by atoms with Gasteiger partial charge in [0.1, 0.15) is 29.8 Å². The van der Waals surface area contributed by atoms with Crippen LogP contribution < -0.4 is 20.3 Å². The Hall–Kier alpha value is -2.43. The van der Waals surface area contributed by atoms with Gasteiger partial charge in [-0.2, -0.15) is 0 Å². The maximum absolute atomic E-state index is 12.0. The van der Waals surface area contributed by atoms with Crippen molar-refractivity contribution in [2.75, 3.05) is 61.0 Å². The van der Waals surface area contributed by atoms with Crippen molar-refractivity contribution in [2.45, 2.75) is 45.8 Å². The van der Waals surface area contributed by atoms with E-state index >= 15 is 0 Å². The van der Waals surface area contributed by atoms with E-state index in [-0.39, 0.29) is 17.6 Å². The second kappa shape index (κ2) is 8.56. The van der Waals surface area contributed by atoms with E-state index in [1.54, 1.807) is 6.33 Å². The van der Waals surface area contributed by atoms with Crippen molar-refractivity contribution in [3.05, 3.63) is 35.2 Å². The Morgan fingerprint density at radius 1 is 1.14 bits per heavy atom. The predicted molar refractivity (Wildman–Crippen MR) is 141 cm³/mol. The Morgan fingerprint density at radius 2 is 1.89 bits per heavy atom. The van der Waals surface area contributed by atoms with Crippen molar-refractivity contribution < 1.29 is 13.2 Å². The molecule has 36 heavy (non-hydrogen) atoms. The largest absolute Gasteiger partial charge is 0.483 e. The van der Waals surface area contributed by atoms with Crippen LogP contribution in [0.3, 0.4) is 0 Å². The van der Waals surface area contributed by atoms with Gasteiger partial charge in [-0.25, -0.2) is 18.4 Å². The first-order valence-electron chi connectivity index (χ1n) is 12.9. The maximum Gasteiger partial charge on any atom is 0.153 e. The molecule has 194 valence electrons. The number of nitrogens with zero attached hydrogens (tertiary/aromatic N) is 4. The lowest BCUT2D eigenvalue weighted by molar-refractivity contribution is 0.0498. The predicted octanol–water partition coefficient (Wildman–Crippen LogP) is 2.61. The van der Waals surface area contributed by atoms with Gasteiger partial charge in [-0.15, -0.1) is 0 Å². The number of rotatable bonds is 3. The van der Waals surface area contributed by atoms with E-state index in [0.29, 0.717) is 30.5 Å². The van der Waals surface area contributed by atoms with Crippen LogP contribution in [-0.2, 0) is 9.84 Å². The van der Waals surface area contributed by atoms with Crippen molar-refractivity contribution >= 4 is 27.2 Å². The highest BCUT2D eigenvalue weighted by Gasteiger charge is 2.43. The van der Waals surface area contributed by atoms with E-state index in [1.165, 1.54) is 5.56 Å². The number of aryl methyl sites for hydroxylation is 1. The molecule has 4 aliphatic heterocycles. The Labute approximate surface area is 213 Å². The van der Waals surface area contributed by atoms with Gasteiger partial charge in [-0.1, -0.05) is 19.9 Å². The molecule has 2 N–H and O–H groups in total. The molecule has 10 heteroatoms. The molecule has 3 saturated heterocycles. The molecule has 1 aromatic carbocycles. The summed E-state index contributed by atoms with van der Waals surface area (Å²) < 4.78 is 30.4. The maximum atomic E-state index is 12.0. The summed E-state index contributed by atoms with van der Waals surface area (Å²) in [5, 5.41) is 7.10. The van der Waals surface area contributed by atoms with Crippen LogP contribution in [0.1, 0.15) is 49.5 Å². The highest BCUT2D eigenvalue weighted by molar-refractivity contribution is 7.91. The van der Waals surface area contributed by atoms with E-state index in [2.05, 4.69) is 58.4 Å². The molecule has 6 rings (SSSR count). The first-order chi connectivity index (χ1) is 17.1. The number of fused-ring (bicyclic) bond motifs is 2. The zero-order chi connectivity index (χ0) is 25.2. The second-order valence-corrected chi connectivity index (χ2v) is 13.8. The topological polar surface area (TPSA) is 99.7 Å². The van der Waals surface area contributed by atoms with E-state index < -0.39 is 9.84 Å². The molecule has 5 heterocycles. The lowest BCUT2D eigenvalue weighted by Gasteiger charge is -2.47. The van der Waals surface area contributed by atoms with Crippen LogP contribution in [0, 0.1) is 12.3 Å². The molecule has 4 aliphatic rings. The van der Waals surface area contributed by atoms with Gasteiger partial charge >= 0.3 is 0 Å². The molecule has 0 radical (unpaired) electrons. The van der Waals surface area contributed by atoms with Crippen LogP contribution in [0.15, 0.2) is 18.5 Å². The van der Waals surface area contributed by atoms with Crippen LogP contribution in [-0.4, -0.2) is 80.1 Å². The third-order valence-electron chi connectivity index (χ3n) is 8.40. The van der Waals surface area contributed by atoms with Gasteiger partial charge in [-0.3, -0.25) is 4.90 Å². The highest BCUT2D eigenvalue weighted by atomic mass is 32.2. The molecule has 1 unspecified atom stereocenters. The lowest BCUT2D eigenvalue weighted by atomic mass is 9.81. The molecule has 0 amide bonds. The SMILES string of the molecule is Cc1cc(C2CN(C3CNCC3(C)C)C2)cc2c1O[C@H](C)c1c(ncnc1N1CCS(=O)(=O)CC1)N2. The van der Waals surface area contributed by atoms with Crippen LogP contribution in [0.4, 0.5) is 17.3 Å². The van der Waals surface area contributed by atoms with Gasteiger partial charge in [0.2, 0.25) is 0 Å². The summed E-state index contributed by atoms with van der Waals surface area (Å²) in [5.74, 6) is 3.11. The highest BCUT2D eigenvalue weighted by Crippen LogP contribution is 2.45. The average molecular weight is 513 g/mol. The van der Waals surface area contributed by atoms with Crippen molar-refractivity contribution in [2.24, 2.45) is 5.41 Å². The average Bonchev–Trinajstić information content (AvgIpc) is 3.05. The van der Waals surface area contributed by atoms with E-state index in [0.717, 1.165) is 60.4 Å². The number of hydrogen-bond acceptors (Lipinski definition) is 9. The Kier molecular flexibility index (Phi) is 5.69. The number of benzene rings is 1. The summed E-state index contributed by atoms with van der Waals surface area (Å²) >= 11 is 0. The van der Waals surface area contributed by atoms with Crippen molar-refractivity contribution in [1.82, 2.24) is 20.2 Å². The van der Waals surface area contributed by atoms with Crippen LogP contribution in [0.25, 0.3) is 0 Å². The molecule has 0 bridgehead atoms. The minimum absolute atomic E-state index is 0.143. The Balaban J connectivity index is 1.26. The summed E-state index contributed by atoms with van der Waals surface area (Å²) in [4.78, 5) is 13.8. The monoisotopic (exact) mass is 512 g/mol. The van der Waals surface area contributed by atoms with Gasteiger partial charge in [0.15, 0.2) is 9.84 Å². The normalized spacial score (nSPS) is 27.3. The minimum Gasteiger partial charge on any atom is -0.483 e. The van der Waals surface area contributed by atoms with Gasteiger partial charge < -0.3 is 20.3 Å². The van der Waals surface area contributed by atoms with Crippen molar-refractivity contribution in [1.29, 1.82) is 0 Å². The molecule has 2 atom stereocenters. The third-order valence-corrected chi connectivity index (χ3v) is 10.0. The number of likely N-dealkylation sites (tertiary alicyclic amines) is 1. The first kappa shape index (κ1) is 23.9. The molecule has 0 aliphatic carbocycles. The fourth-order valence-electron chi connectivity index (χ4n) is 6.21. The summed E-state index contributed by atoms with van der Waals surface area (Å²) in [6, 6.07) is 5.08. The number of ether oxygens (including phenoxy) is 1. The molecule has 0 saturated carbocycles. The first-order valence-corrected chi connectivity index (χ1v) is 14.8. The van der Waals surface area contributed by atoms with Gasteiger partial charge in [0, 0.05) is 51.2 Å². The molecular formula is C26H36N6O3S. The Bertz CT molecular complexity index is 1280. The summed E-state index contributed by atoms with van der Waals surface area (Å²) in [6.45, 7) is 14.0. The Morgan fingerprint density at radius 3 is 2.58 bits per heavy atom. The number of nitrogens with one attached hydrogen (secondary N) is 2. The van der Waals surface area contributed by atoms with E-state index in [4.69, 9.17) is 4.74 Å². The second-order valence-electron chi connectivity index (χ2n) is 11.5. The summed E-state index contributed by atoms with van der Waals surface area (Å²) in [6.07, 6.45) is 1.28. The van der Waals surface area contributed by atoms with Crippen LogP contribution in [0.2, 0.25) is 0 Å². The zero-order valence-electron chi connectivity index (χ0n) is 21.5. The molecule has 0 spiro atoms. The molecule has 9 nitrogen and oxygen atoms in total. The van der Waals surface area contributed by atoms with Crippen LogP contribution >= 0.6 is 0 Å². The summed E-state index contributed by atoms with van der Waals surface area (Å²) in [5.41, 5.74) is 4.55. The number of sulfone groups is 1. The molecular weight excluding hydrogens is 476 g/mol. The zero-order valence-corrected chi connectivity index (χ0v) is 22.4. The van der Waals surface area contributed by atoms with Gasteiger partial charge in [0.05, 0.1) is 22.8 Å². The van der Waals surface area contributed by atoms with E-state index in [1.807, 2.05) is 11.8 Å². The summed E-state index contributed by atoms with van der Waals surface area (Å²) in [7, 11) is -2.98. The lowest BCUT2D eigenvalue weighted by Crippen LogP contribution is -2.55. The minimum atomic E-state index is -2.98. The number of aromatic nitrogens is 2.